The minimum Gasteiger partial charge on any atom is -0.493 e. The Kier molecular flexibility index (Phi) is 10.7. The number of aliphatic hydroxyl groups is 1. The molecule has 0 bridgehead atoms. The van der Waals surface area contributed by atoms with Crippen molar-refractivity contribution in [3.8, 4) is 5.75 Å². The summed E-state index contributed by atoms with van der Waals surface area (Å²) in [6.45, 7) is 10.3. The Labute approximate surface area is 233 Å². The van der Waals surface area contributed by atoms with E-state index in [1.54, 1.807) is 13.8 Å². The molecular formula is C33H46O6. The van der Waals surface area contributed by atoms with Crippen LogP contribution >= 0.6 is 0 Å². The van der Waals surface area contributed by atoms with Crippen molar-refractivity contribution in [2.75, 3.05) is 13.2 Å². The first-order valence-corrected chi connectivity index (χ1v) is 14.4. The van der Waals surface area contributed by atoms with Gasteiger partial charge in [-0.05, 0) is 89.8 Å². The molecule has 1 atom stereocenters. The van der Waals surface area contributed by atoms with Crippen LogP contribution in [-0.2, 0) is 32.8 Å². The SMILES string of the molecule is CCOc1c(C(C)(C)O)ccc(CC(CCCCc2ccccc2)C(=O)CC2(C(=O)O)CC(OCC)C2)c1C. The fourth-order valence-corrected chi connectivity index (χ4v) is 5.81. The first-order chi connectivity index (χ1) is 18.5. The summed E-state index contributed by atoms with van der Waals surface area (Å²) in [4.78, 5) is 26.0. The highest BCUT2D eigenvalue weighted by Gasteiger charge is 2.52. The van der Waals surface area contributed by atoms with Crippen LogP contribution in [0.1, 0.15) is 88.5 Å². The summed E-state index contributed by atoms with van der Waals surface area (Å²) < 4.78 is 11.6. The number of carboxylic acids is 1. The zero-order valence-electron chi connectivity index (χ0n) is 24.3. The molecule has 39 heavy (non-hydrogen) atoms. The monoisotopic (exact) mass is 538 g/mol. The average Bonchev–Trinajstić information content (AvgIpc) is 2.86. The van der Waals surface area contributed by atoms with Crippen molar-refractivity contribution in [1.82, 2.24) is 0 Å². The Bertz CT molecular complexity index is 1100. The molecular weight excluding hydrogens is 492 g/mol. The van der Waals surface area contributed by atoms with Crippen molar-refractivity contribution in [3.63, 3.8) is 0 Å². The lowest BCUT2D eigenvalue weighted by Crippen LogP contribution is -2.50. The third kappa shape index (κ3) is 7.92. The van der Waals surface area contributed by atoms with E-state index in [-0.39, 0.29) is 24.2 Å². The highest BCUT2D eigenvalue weighted by molar-refractivity contribution is 5.88. The first-order valence-electron chi connectivity index (χ1n) is 14.4. The summed E-state index contributed by atoms with van der Waals surface area (Å²) in [5.74, 6) is -0.516. The third-order valence-electron chi connectivity index (χ3n) is 8.10. The Morgan fingerprint density at radius 1 is 1.05 bits per heavy atom. The third-order valence-corrected chi connectivity index (χ3v) is 8.10. The molecule has 214 valence electrons. The lowest BCUT2D eigenvalue weighted by atomic mass is 9.62. The van der Waals surface area contributed by atoms with Crippen LogP contribution in [0.3, 0.4) is 0 Å². The van der Waals surface area contributed by atoms with Gasteiger partial charge in [0, 0.05) is 24.5 Å². The van der Waals surface area contributed by atoms with Crippen LogP contribution in [0, 0.1) is 18.3 Å². The number of carbonyl (C=O) groups excluding carboxylic acids is 1. The molecule has 1 saturated carbocycles. The number of carboxylic acid groups (broad SMARTS) is 1. The molecule has 6 nitrogen and oxygen atoms in total. The van der Waals surface area contributed by atoms with Gasteiger partial charge in [-0.1, -0.05) is 48.9 Å². The van der Waals surface area contributed by atoms with E-state index in [1.807, 2.05) is 51.1 Å². The zero-order valence-corrected chi connectivity index (χ0v) is 24.3. The highest BCUT2D eigenvalue weighted by Crippen LogP contribution is 2.47. The maximum Gasteiger partial charge on any atom is 0.310 e. The molecule has 3 rings (SSSR count). The molecule has 1 aliphatic carbocycles. The summed E-state index contributed by atoms with van der Waals surface area (Å²) >= 11 is 0. The van der Waals surface area contributed by atoms with Gasteiger partial charge < -0.3 is 19.7 Å². The molecule has 0 aliphatic heterocycles. The van der Waals surface area contributed by atoms with E-state index in [1.165, 1.54) is 5.56 Å². The van der Waals surface area contributed by atoms with Gasteiger partial charge in [0.25, 0.3) is 0 Å². The largest absolute Gasteiger partial charge is 0.493 e. The second-order valence-electron chi connectivity index (χ2n) is 11.6. The van der Waals surface area contributed by atoms with Crippen molar-refractivity contribution >= 4 is 11.8 Å². The number of unbranched alkanes of at least 4 members (excludes halogenated alkanes) is 1. The number of carbonyl (C=O) groups is 2. The van der Waals surface area contributed by atoms with Crippen molar-refractivity contribution in [2.45, 2.75) is 97.7 Å². The number of ketones is 1. The van der Waals surface area contributed by atoms with E-state index in [4.69, 9.17) is 9.47 Å². The maximum absolute atomic E-state index is 13.8. The summed E-state index contributed by atoms with van der Waals surface area (Å²) in [7, 11) is 0. The fraction of sp³-hybridized carbons (Fsp3) is 0.576. The topological polar surface area (TPSA) is 93.1 Å². The van der Waals surface area contributed by atoms with Crippen LogP contribution in [-0.4, -0.2) is 41.3 Å². The van der Waals surface area contributed by atoms with Gasteiger partial charge in [0.05, 0.1) is 23.7 Å². The van der Waals surface area contributed by atoms with Crippen molar-refractivity contribution in [2.24, 2.45) is 11.3 Å². The second kappa shape index (κ2) is 13.6. The van der Waals surface area contributed by atoms with Crippen LogP contribution in [0.4, 0.5) is 0 Å². The predicted octanol–water partition coefficient (Wildman–Crippen LogP) is 6.42. The molecule has 0 radical (unpaired) electrons. The normalized spacial score (nSPS) is 19.8. The summed E-state index contributed by atoms with van der Waals surface area (Å²) in [5.41, 5.74) is 1.83. The van der Waals surface area contributed by atoms with Gasteiger partial charge in [0.15, 0.2) is 0 Å². The predicted molar refractivity (Wildman–Crippen MR) is 153 cm³/mol. The molecule has 1 fully saturated rings. The van der Waals surface area contributed by atoms with E-state index >= 15 is 0 Å². The molecule has 2 aromatic carbocycles. The van der Waals surface area contributed by atoms with Crippen molar-refractivity contribution in [3.05, 3.63) is 64.7 Å². The standard InChI is InChI=1S/C33H46O6/c1-6-38-27-20-33(21-27,31(35)36)22-29(34)26(16-12-11-15-24-13-9-8-10-14-24)19-25-17-18-28(32(4,5)37)30(23(25)3)39-7-2/h8-10,13-14,17-18,26-27,37H,6-7,11-12,15-16,19-22H2,1-5H3,(H,35,36). The fourth-order valence-electron chi connectivity index (χ4n) is 5.81. The Hall–Kier alpha value is -2.70. The van der Waals surface area contributed by atoms with E-state index in [9.17, 15) is 19.8 Å². The number of aryl methyl sites for hydroxylation is 1. The molecule has 1 aliphatic rings. The molecule has 0 aromatic heterocycles. The number of Topliss-reactive ketones (excluding diaryl/α,β-unsaturated/α-hetero) is 1. The minimum absolute atomic E-state index is 0.0102. The Morgan fingerprint density at radius 2 is 1.74 bits per heavy atom. The van der Waals surface area contributed by atoms with Crippen LogP contribution in [0.2, 0.25) is 0 Å². The average molecular weight is 539 g/mol. The number of ether oxygens (including phenoxy) is 2. The molecule has 1 unspecified atom stereocenters. The number of rotatable bonds is 16. The summed E-state index contributed by atoms with van der Waals surface area (Å²) in [6.07, 6.45) is 4.73. The molecule has 2 aromatic rings. The van der Waals surface area contributed by atoms with E-state index in [0.29, 0.717) is 44.6 Å². The number of benzene rings is 2. The molecule has 0 amide bonds. The first kappa shape index (κ1) is 30.8. The number of hydrogen-bond acceptors (Lipinski definition) is 5. The summed E-state index contributed by atoms with van der Waals surface area (Å²) in [6, 6.07) is 14.2. The Morgan fingerprint density at radius 3 is 2.33 bits per heavy atom. The van der Waals surface area contributed by atoms with E-state index < -0.39 is 17.0 Å². The van der Waals surface area contributed by atoms with Crippen molar-refractivity contribution < 1.29 is 29.3 Å². The lowest BCUT2D eigenvalue weighted by Gasteiger charge is -2.44. The van der Waals surface area contributed by atoms with Crippen molar-refractivity contribution in [1.29, 1.82) is 0 Å². The molecule has 2 N–H and O–H groups in total. The minimum atomic E-state index is -1.06. The lowest BCUT2D eigenvalue weighted by molar-refractivity contribution is -0.170. The van der Waals surface area contributed by atoms with Gasteiger partial charge in [-0.2, -0.15) is 0 Å². The van der Waals surface area contributed by atoms with Gasteiger partial charge in [0.2, 0.25) is 0 Å². The van der Waals surface area contributed by atoms with Gasteiger partial charge in [0.1, 0.15) is 11.5 Å². The van der Waals surface area contributed by atoms with Crippen LogP contribution in [0.15, 0.2) is 42.5 Å². The molecule has 0 spiro atoms. The van der Waals surface area contributed by atoms with Gasteiger partial charge >= 0.3 is 5.97 Å². The Balaban J connectivity index is 1.81. The number of hydrogen-bond donors (Lipinski definition) is 2. The highest BCUT2D eigenvalue weighted by atomic mass is 16.5. The maximum atomic E-state index is 13.8. The van der Waals surface area contributed by atoms with Crippen LogP contribution in [0.5, 0.6) is 5.75 Å². The number of aliphatic carboxylic acids is 1. The van der Waals surface area contributed by atoms with Crippen LogP contribution < -0.4 is 4.74 Å². The smallest absolute Gasteiger partial charge is 0.310 e. The summed E-state index contributed by atoms with van der Waals surface area (Å²) in [5, 5.41) is 20.7. The van der Waals surface area contributed by atoms with Crippen LogP contribution in [0.25, 0.3) is 0 Å². The molecule has 0 heterocycles. The molecule has 0 saturated heterocycles. The molecule has 6 heteroatoms. The zero-order chi connectivity index (χ0) is 28.6. The van der Waals surface area contributed by atoms with Gasteiger partial charge in [-0.3, -0.25) is 9.59 Å². The van der Waals surface area contributed by atoms with Gasteiger partial charge in [-0.25, -0.2) is 0 Å². The van der Waals surface area contributed by atoms with E-state index in [0.717, 1.165) is 36.0 Å². The second-order valence-corrected chi connectivity index (χ2v) is 11.6. The van der Waals surface area contributed by atoms with E-state index in [2.05, 4.69) is 12.1 Å². The quantitative estimate of drug-likeness (QED) is 0.240. The van der Waals surface area contributed by atoms with Gasteiger partial charge in [-0.15, -0.1) is 0 Å².